The Labute approximate surface area is 111 Å². The molecule has 0 radical (unpaired) electrons. The molecule has 102 valence electrons. The average Bonchev–Trinajstić information content (AvgIpc) is 2.74. The van der Waals surface area contributed by atoms with Gasteiger partial charge in [-0.05, 0) is 44.2 Å². The predicted octanol–water partition coefficient (Wildman–Crippen LogP) is 3.03. The van der Waals surface area contributed by atoms with E-state index in [4.69, 9.17) is 0 Å². The lowest BCUT2D eigenvalue weighted by Gasteiger charge is -2.18. The summed E-state index contributed by atoms with van der Waals surface area (Å²) in [5, 5.41) is 8.30. The van der Waals surface area contributed by atoms with Crippen molar-refractivity contribution in [3.05, 3.63) is 18.0 Å². The van der Waals surface area contributed by atoms with Crippen LogP contribution in [0.5, 0.6) is 0 Å². The topological polar surface area (TPSA) is 29.9 Å². The van der Waals surface area contributed by atoms with Gasteiger partial charge in [0.2, 0.25) is 0 Å². The molecule has 3 heteroatoms. The molecular formula is C15H27N3. The lowest BCUT2D eigenvalue weighted by Crippen LogP contribution is -2.34. The van der Waals surface area contributed by atoms with Gasteiger partial charge in [-0.1, -0.05) is 20.8 Å². The van der Waals surface area contributed by atoms with Crippen LogP contribution in [-0.2, 0) is 6.42 Å². The second-order valence-electron chi connectivity index (χ2n) is 6.55. The van der Waals surface area contributed by atoms with Crippen LogP contribution in [-0.4, -0.2) is 22.4 Å². The van der Waals surface area contributed by atoms with Gasteiger partial charge >= 0.3 is 0 Å². The maximum atomic E-state index is 4.67. The van der Waals surface area contributed by atoms with Gasteiger partial charge in [0.05, 0.1) is 5.69 Å². The molecule has 1 aromatic rings. The van der Waals surface area contributed by atoms with Gasteiger partial charge in [0.1, 0.15) is 0 Å². The van der Waals surface area contributed by atoms with Gasteiger partial charge in [0, 0.05) is 24.7 Å². The molecule has 1 aromatic heterocycles. The quantitative estimate of drug-likeness (QED) is 0.840. The Morgan fingerprint density at radius 3 is 2.61 bits per heavy atom. The van der Waals surface area contributed by atoms with Gasteiger partial charge in [-0.2, -0.15) is 5.10 Å². The standard InChI is InChI=1S/C15H27N3/c1-6-16-14(13-10-15(13,4)5)9-12-7-8-18(17-12)11(2)3/h7-8,11,13-14,16H,6,9-10H2,1-5H3. The van der Waals surface area contributed by atoms with Crippen LogP contribution in [0.25, 0.3) is 0 Å². The zero-order valence-electron chi connectivity index (χ0n) is 12.4. The second-order valence-corrected chi connectivity index (χ2v) is 6.55. The van der Waals surface area contributed by atoms with Crippen LogP contribution in [0.1, 0.15) is 52.8 Å². The van der Waals surface area contributed by atoms with E-state index in [0.717, 1.165) is 18.9 Å². The molecule has 1 N–H and O–H groups in total. The highest BCUT2D eigenvalue weighted by Gasteiger charge is 2.49. The van der Waals surface area contributed by atoms with Crippen LogP contribution in [0.4, 0.5) is 0 Å². The van der Waals surface area contributed by atoms with E-state index in [1.165, 1.54) is 12.1 Å². The summed E-state index contributed by atoms with van der Waals surface area (Å²) < 4.78 is 2.05. The third-order valence-corrected chi connectivity index (χ3v) is 4.16. The predicted molar refractivity (Wildman–Crippen MR) is 75.7 cm³/mol. The van der Waals surface area contributed by atoms with Crippen molar-refractivity contribution in [1.29, 1.82) is 0 Å². The number of likely N-dealkylation sites (N-methyl/N-ethyl adjacent to an activating group) is 1. The zero-order chi connectivity index (χ0) is 13.3. The van der Waals surface area contributed by atoms with Crippen LogP contribution in [0.3, 0.4) is 0 Å². The molecule has 18 heavy (non-hydrogen) atoms. The van der Waals surface area contributed by atoms with Crippen LogP contribution in [0.15, 0.2) is 12.3 Å². The van der Waals surface area contributed by atoms with E-state index in [1.54, 1.807) is 0 Å². The number of hydrogen-bond donors (Lipinski definition) is 1. The Kier molecular flexibility index (Phi) is 3.81. The van der Waals surface area contributed by atoms with Crippen LogP contribution in [0.2, 0.25) is 0 Å². The summed E-state index contributed by atoms with van der Waals surface area (Å²) in [4.78, 5) is 0. The smallest absolute Gasteiger partial charge is 0.0640 e. The van der Waals surface area contributed by atoms with E-state index < -0.39 is 0 Å². The normalized spacial score (nSPS) is 23.3. The molecule has 2 unspecified atom stereocenters. The monoisotopic (exact) mass is 249 g/mol. The van der Waals surface area contributed by atoms with E-state index in [1.807, 2.05) is 0 Å². The molecule has 1 aliphatic carbocycles. The first-order valence-electron chi connectivity index (χ1n) is 7.21. The lowest BCUT2D eigenvalue weighted by atomic mass is 10.00. The van der Waals surface area contributed by atoms with E-state index in [-0.39, 0.29) is 0 Å². The molecule has 1 fully saturated rings. The maximum Gasteiger partial charge on any atom is 0.0640 e. The number of nitrogens with one attached hydrogen (secondary N) is 1. The largest absolute Gasteiger partial charge is 0.314 e. The van der Waals surface area contributed by atoms with Crippen molar-refractivity contribution in [2.24, 2.45) is 11.3 Å². The van der Waals surface area contributed by atoms with Crippen molar-refractivity contribution >= 4 is 0 Å². The summed E-state index contributed by atoms with van der Waals surface area (Å²) >= 11 is 0. The highest BCUT2D eigenvalue weighted by molar-refractivity contribution is 5.08. The van der Waals surface area contributed by atoms with E-state index in [2.05, 4.69) is 62.0 Å². The molecule has 0 spiro atoms. The van der Waals surface area contributed by atoms with Gasteiger partial charge in [-0.3, -0.25) is 4.68 Å². The fourth-order valence-corrected chi connectivity index (χ4v) is 2.81. The molecule has 0 amide bonds. The second kappa shape index (κ2) is 5.04. The van der Waals surface area contributed by atoms with Gasteiger partial charge < -0.3 is 5.32 Å². The summed E-state index contributed by atoms with van der Waals surface area (Å²) in [6.45, 7) is 12.3. The van der Waals surface area contributed by atoms with Crippen molar-refractivity contribution < 1.29 is 0 Å². The molecule has 3 nitrogen and oxygen atoms in total. The van der Waals surface area contributed by atoms with Crippen molar-refractivity contribution in [2.45, 2.75) is 59.5 Å². The summed E-state index contributed by atoms with van der Waals surface area (Å²) in [5.41, 5.74) is 1.74. The summed E-state index contributed by atoms with van der Waals surface area (Å²) in [5.74, 6) is 0.807. The van der Waals surface area contributed by atoms with Crippen LogP contribution in [0, 0.1) is 11.3 Å². The molecule has 0 aliphatic heterocycles. The van der Waals surface area contributed by atoms with E-state index >= 15 is 0 Å². The Morgan fingerprint density at radius 1 is 1.50 bits per heavy atom. The molecule has 1 heterocycles. The average molecular weight is 249 g/mol. The first kappa shape index (κ1) is 13.6. The Morgan fingerprint density at radius 2 is 2.17 bits per heavy atom. The highest BCUT2D eigenvalue weighted by Crippen LogP contribution is 2.53. The lowest BCUT2D eigenvalue weighted by molar-refractivity contribution is 0.404. The molecule has 0 saturated heterocycles. The van der Waals surface area contributed by atoms with E-state index in [0.29, 0.717) is 17.5 Å². The summed E-state index contributed by atoms with van der Waals surface area (Å²) in [7, 11) is 0. The van der Waals surface area contributed by atoms with Crippen molar-refractivity contribution in [1.82, 2.24) is 15.1 Å². The van der Waals surface area contributed by atoms with Gasteiger partial charge in [0.15, 0.2) is 0 Å². The number of nitrogens with zero attached hydrogens (tertiary/aromatic N) is 2. The Bertz CT molecular complexity index is 392. The third kappa shape index (κ3) is 2.94. The Hall–Kier alpha value is -0.830. The van der Waals surface area contributed by atoms with E-state index in [9.17, 15) is 0 Å². The molecule has 1 aliphatic rings. The highest BCUT2D eigenvalue weighted by atomic mass is 15.3. The zero-order valence-corrected chi connectivity index (χ0v) is 12.4. The maximum absolute atomic E-state index is 4.67. The van der Waals surface area contributed by atoms with Crippen molar-refractivity contribution in [2.75, 3.05) is 6.54 Å². The van der Waals surface area contributed by atoms with Crippen molar-refractivity contribution in [3.8, 4) is 0 Å². The fourth-order valence-electron chi connectivity index (χ4n) is 2.81. The summed E-state index contributed by atoms with van der Waals surface area (Å²) in [6, 6.07) is 3.20. The number of hydrogen-bond acceptors (Lipinski definition) is 2. The minimum Gasteiger partial charge on any atom is -0.314 e. The first-order chi connectivity index (χ1) is 8.44. The minimum atomic E-state index is 0.453. The molecule has 2 atom stereocenters. The van der Waals surface area contributed by atoms with Gasteiger partial charge in [-0.15, -0.1) is 0 Å². The van der Waals surface area contributed by atoms with Crippen molar-refractivity contribution in [3.63, 3.8) is 0 Å². The molecule has 0 bridgehead atoms. The molecule has 2 rings (SSSR count). The number of aromatic nitrogens is 2. The Balaban J connectivity index is 2.00. The van der Waals surface area contributed by atoms with Crippen LogP contribution >= 0.6 is 0 Å². The number of rotatable bonds is 6. The molecule has 1 saturated carbocycles. The summed E-state index contributed by atoms with van der Waals surface area (Å²) in [6.07, 6.45) is 4.50. The third-order valence-electron chi connectivity index (χ3n) is 4.16. The first-order valence-corrected chi connectivity index (χ1v) is 7.21. The molecular weight excluding hydrogens is 222 g/mol. The van der Waals surface area contributed by atoms with Gasteiger partial charge in [0.25, 0.3) is 0 Å². The molecule has 0 aromatic carbocycles. The van der Waals surface area contributed by atoms with Gasteiger partial charge in [-0.25, -0.2) is 0 Å². The fraction of sp³-hybridized carbons (Fsp3) is 0.800. The minimum absolute atomic E-state index is 0.453. The SMILES string of the molecule is CCNC(Cc1ccn(C(C)C)n1)C1CC1(C)C. The van der Waals surface area contributed by atoms with Crippen LogP contribution < -0.4 is 5.32 Å².